The van der Waals surface area contributed by atoms with Gasteiger partial charge in [-0.3, -0.25) is 4.79 Å². The Kier molecular flexibility index (Phi) is 3.44. The van der Waals surface area contributed by atoms with Gasteiger partial charge in [0, 0.05) is 10.9 Å². The molecule has 0 radical (unpaired) electrons. The molecule has 1 N–H and O–H groups in total. The van der Waals surface area contributed by atoms with E-state index in [0.29, 0.717) is 5.02 Å². The van der Waals surface area contributed by atoms with Crippen molar-refractivity contribution in [1.82, 2.24) is 0 Å². The molecule has 1 aliphatic carbocycles. The number of carbonyl (C=O) groups excluding carboxylic acids is 1. The molecule has 0 unspecified atom stereocenters. The van der Waals surface area contributed by atoms with Gasteiger partial charge < -0.3 is 5.32 Å². The molecule has 1 fully saturated rings. The number of hydrogen-bond donors (Lipinski definition) is 1. The largest absolute Gasteiger partial charge is 0.323 e. The molecule has 0 saturated heterocycles. The predicted molar refractivity (Wildman–Crippen MR) is 62.0 cm³/mol. The van der Waals surface area contributed by atoms with Gasteiger partial charge in [0.05, 0.1) is 5.69 Å². The first-order valence-corrected chi connectivity index (χ1v) is 5.80. The maximum absolute atomic E-state index is 13.3. The zero-order chi connectivity index (χ0) is 11.5. The first-order valence-electron chi connectivity index (χ1n) is 5.43. The molecule has 16 heavy (non-hydrogen) atoms. The van der Waals surface area contributed by atoms with Crippen LogP contribution in [0.3, 0.4) is 0 Å². The summed E-state index contributed by atoms with van der Waals surface area (Å²) in [4.78, 5) is 11.8. The average molecular weight is 242 g/mol. The zero-order valence-electron chi connectivity index (χ0n) is 8.80. The van der Waals surface area contributed by atoms with Crippen molar-refractivity contribution in [3.05, 3.63) is 29.0 Å². The van der Waals surface area contributed by atoms with E-state index in [1.165, 1.54) is 18.2 Å². The van der Waals surface area contributed by atoms with Crippen LogP contribution in [-0.2, 0) is 4.79 Å². The lowest BCUT2D eigenvalue weighted by atomic mass is 10.1. The van der Waals surface area contributed by atoms with Crippen molar-refractivity contribution < 1.29 is 9.18 Å². The molecule has 0 aromatic heterocycles. The van der Waals surface area contributed by atoms with E-state index in [9.17, 15) is 9.18 Å². The molecule has 0 heterocycles. The molecule has 2 nitrogen and oxygen atoms in total. The summed E-state index contributed by atoms with van der Waals surface area (Å²) in [6.45, 7) is 0. The van der Waals surface area contributed by atoms with Crippen LogP contribution in [0.2, 0.25) is 5.02 Å². The van der Waals surface area contributed by atoms with E-state index >= 15 is 0 Å². The van der Waals surface area contributed by atoms with Crippen molar-refractivity contribution in [1.29, 1.82) is 0 Å². The number of hydrogen-bond acceptors (Lipinski definition) is 1. The maximum Gasteiger partial charge on any atom is 0.227 e. The van der Waals surface area contributed by atoms with Gasteiger partial charge in [0.2, 0.25) is 5.91 Å². The van der Waals surface area contributed by atoms with E-state index in [0.717, 1.165) is 25.7 Å². The van der Waals surface area contributed by atoms with Crippen molar-refractivity contribution in [2.75, 3.05) is 5.32 Å². The van der Waals surface area contributed by atoms with E-state index in [1.54, 1.807) is 0 Å². The summed E-state index contributed by atoms with van der Waals surface area (Å²) in [6.07, 6.45) is 3.95. The SMILES string of the molecule is O=C(Nc1cc(Cl)ccc1F)C1CCCC1. The maximum atomic E-state index is 13.3. The topological polar surface area (TPSA) is 29.1 Å². The van der Waals surface area contributed by atoms with E-state index in [1.807, 2.05) is 0 Å². The number of rotatable bonds is 2. The molecule has 0 spiro atoms. The van der Waals surface area contributed by atoms with Crippen LogP contribution in [-0.4, -0.2) is 5.91 Å². The minimum absolute atomic E-state index is 0.0263. The van der Waals surface area contributed by atoms with E-state index in [2.05, 4.69) is 5.32 Å². The highest BCUT2D eigenvalue weighted by atomic mass is 35.5. The number of halogens is 2. The summed E-state index contributed by atoms with van der Waals surface area (Å²) >= 11 is 5.74. The third-order valence-corrected chi connectivity index (χ3v) is 3.15. The van der Waals surface area contributed by atoms with Gasteiger partial charge in [-0.1, -0.05) is 24.4 Å². The Labute approximate surface area is 98.8 Å². The van der Waals surface area contributed by atoms with Gasteiger partial charge >= 0.3 is 0 Å². The van der Waals surface area contributed by atoms with E-state index in [-0.39, 0.29) is 17.5 Å². The van der Waals surface area contributed by atoms with Gasteiger partial charge in [-0.2, -0.15) is 0 Å². The van der Waals surface area contributed by atoms with Crippen molar-refractivity contribution >= 4 is 23.2 Å². The molecule has 1 aromatic carbocycles. The first-order chi connectivity index (χ1) is 7.66. The van der Waals surface area contributed by atoms with Gasteiger partial charge in [-0.05, 0) is 31.0 Å². The summed E-state index contributed by atoms with van der Waals surface area (Å²) in [6, 6.07) is 4.15. The van der Waals surface area contributed by atoms with Crippen LogP contribution in [0, 0.1) is 11.7 Å². The quantitative estimate of drug-likeness (QED) is 0.842. The van der Waals surface area contributed by atoms with E-state index in [4.69, 9.17) is 11.6 Å². The van der Waals surface area contributed by atoms with Gasteiger partial charge in [0.25, 0.3) is 0 Å². The molecule has 1 aromatic rings. The molecule has 0 aliphatic heterocycles. The summed E-state index contributed by atoms with van der Waals surface area (Å²) < 4.78 is 13.3. The highest BCUT2D eigenvalue weighted by Gasteiger charge is 2.23. The molecule has 1 saturated carbocycles. The number of benzene rings is 1. The molecule has 2 rings (SSSR count). The molecular weight excluding hydrogens is 229 g/mol. The number of amides is 1. The number of anilines is 1. The Morgan fingerprint density at radius 1 is 1.38 bits per heavy atom. The van der Waals surface area contributed by atoms with Gasteiger partial charge in [0.1, 0.15) is 5.82 Å². The highest BCUT2D eigenvalue weighted by molar-refractivity contribution is 6.30. The van der Waals surface area contributed by atoms with Crippen LogP contribution in [0.5, 0.6) is 0 Å². The van der Waals surface area contributed by atoms with Crippen LogP contribution in [0.15, 0.2) is 18.2 Å². The minimum atomic E-state index is -0.448. The lowest BCUT2D eigenvalue weighted by Crippen LogP contribution is -2.20. The Morgan fingerprint density at radius 3 is 2.75 bits per heavy atom. The summed E-state index contributed by atoms with van der Waals surface area (Å²) in [7, 11) is 0. The summed E-state index contributed by atoms with van der Waals surface area (Å²) in [5.74, 6) is -0.521. The molecule has 86 valence electrons. The van der Waals surface area contributed by atoms with Crippen molar-refractivity contribution in [3.63, 3.8) is 0 Å². The van der Waals surface area contributed by atoms with E-state index < -0.39 is 5.82 Å². The number of nitrogens with one attached hydrogen (secondary N) is 1. The Morgan fingerprint density at radius 2 is 2.06 bits per heavy atom. The second kappa shape index (κ2) is 4.83. The average Bonchev–Trinajstić information content (AvgIpc) is 2.76. The Hall–Kier alpha value is -1.09. The van der Waals surface area contributed by atoms with Crippen molar-refractivity contribution in [2.24, 2.45) is 5.92 Å². The predicted octanol–water partition coefficient (Wildman–Crippen LogP) is 3.61. The second-order valence-corrected chi connectivity index (χ2v) is 4.53. The van der Waals surface area contributed by atoms with Crippen molar-refractivity contribution in [3.8, 4) is 0 Å². The lowest BCUT2D eigenvalue weighted by Gasteiger charge is -2.11. The van der Waals surface area contributed by atoms with Crippen LogP contribution >= 0.6 is 11.6 Å². The van der Waals surface area contributed by atoms with Gasteiger partial charge in [-0.15, -0.1) is 0 Å². The molecule has 0 atom stereocenters. The summed E-state index contributed by atoms with van der Waals surface area (Å²) in [5.41, 5.74) is 0.171. The molecule has 4 heteroatoms. The third kappa shape index (κ3) is 2.53. The van der Waals surface area contributed by atoms with Gasteiger partial charge in [-0.25, -0.2) is 4.39 Å². The summed E-state index contributed by atoms with van der Waals surface area (Å²) in [5, 5.41) is 3.01. The van der Waals surface area contributed by atoms with Crippen LogP contribution < -0.4 is 5.32 Å². The van der Waals surface area contributed by atoms with Crippen LogP contribution in [0.1, 0.15) is 25.7 Å². The van der Waals surface area contributed by atoms with Gasteiger partial charge in [0.15, 0.2) is 0 Å². The Bertz CT molecular complexity index is 402. The fourth-order valence-electron chi connectivity index (χ4n) is 2.02. The fourth-order valence-corrected chi connectivity index (χ4v) is 2.19. The molecule has 0 bridgehead atoms. The second-order valence-electron chi connectivity index (χ2n) is 4.09. The smallest absolute Gasteiger partial charge is 0.227 e. The minimum Gasteiger partial charge on any atom is -0.323 e. The van der Waals surface area contributed by atoms with Crippen molar-refractivity contribution in [2.45, 2.75) is 25.7 Å². The fraction of sp³-hybridized carbons (Fsp3) is 0.417. The van der Waals surface area contributed by atoms with Crippen LogP contribution in [0.4, 0.5) is 10.1 Å². The lowest BCUT2D eigenvalue weighted by molar-refractivity contribution is -0.119. The Balaban J connectivity index is 2.07. The monoisotopic (exact) mass is 241 g/mol. The normalized spacial score (nSPS) is 16.4. The highest BCUT2D eigenvalue weighted by Crippen LogP contribution is 2.27. The molecule has 1 amide bonds. The zero-order valence-corrected chi connectivity index (χ0v) is 9.56. The number of carbonyl (C=O) groups is 1. The molecular formula is C12H13ClFNO. The molecule has 1 aliphatic rings. The standard InChI is InChI=1S/C12H13ClFNO/c13-9-5-6-10(14)11(7-9)15-12(16)8-3-1-2-4-8/h5-8H,1-4H2,(H,15,16). The van der Waals surface area contributed by atoms with Crippen LogP contribution in [0.25, 0.3) is 0 Å². The third-order valence-electron chi connectivity index (χ3n) is 2.91. The first kappa shape index (κ1) is 11.4.